The number of hydrogen-bond acceptors (Lipinski definition) is 8. The van der Waals surface area contributed by atoms with E-state index >= 15 is 0 Å². The largest absolute Gasteiger partial charge is 0.494 e. The molecule has 2 heterocycles. The highest BCUT2D eigenvalue weighted by Gasteiger charge is 2.17. The number of aromatic nitrogens is 7. The molecule has 4 rings (SSSR count). The molecule has 1 N–H and O–H groups in total. The number of carbonyl (C=O) groups excluding carboxylic acids is 1. The third-order valence-corrected chi connectivity index (χ3v) is 6.03. The number of benzene rings is 2. The fraction of sp³-hybridized carbons (Fsp3) is 0.273. The SMILES string of the molecule is CCn1c(SCC(=O)Nc2ccc(OC)c(-n3nnnc3C)c2)nnc1-c1ccccc1C. The molecule has 0 bridgehead atoms. The van der Waals surface area contributed by atoms with Crippen LogP contribution in [0.4, 0.5) is 5.69 Å². The number of methoxy groups -OCH3 is 1. The molecule has 0 saturated carbocycles. The van der Waals surface area contributed by atoms with E-state index in [2.05, 4.69) is 31.0 Å². The summed E-state index contributed by atoms with van der Waals surface area (Å²) in [5, 5.41) is 23.9. The van der Waals surface area contributed by atoms with Crippen molar-refractivity contribution in [2.75, 3.05) is 18.2 Å². The molecule has 1 amide bonds. The number of nitrogens with zero attached hydrogens (tertiary/aromatic N) is 7. The molecule has 0 aliphatic heterocycles. The minimum absolute atomic E-state index is 0.160. The molecule has 0 atom stereocenters. The number of ether oxygens (including phenoxy) is 1. The van der Waals surface area contributed by atoms with Crippen LogP contribution in [0.5, 0.6) is 5.75 Å². The first-order valence-electron chi connectivity index (χ1n) is 10.4. The molecule has 2 aromatic heterocycles. The molecular formula is C22H24N8O2S. The van der Waals surface area contributed by atoms with Gasteiger partial charge in [-0.15, -0.1) is 15.3 Å². The standard InChI is InChI=1S/C22H24N8O2S/c1-5-29-21(17-9-7-6-8-14(17)2)25-26-22(29)33-13-20(31)23-16-10-11-19(32-4)18(12-16)30-15(3)24-27-28-30/h6-12H,5,13H2,1-4H3,(H,23,31). The fourth-order valence-corrected chi connectivity index (χ4v) is 4.22. The first kappa shape index (κ1) is 22.5. The van der Waals surface area contributed by atoms with Gasteiger partial charge in [0.15, 0.2) is 16.8 Å². The third-order valence-electron chi connectivity index (χ3n) is 5.07. The summed E-state index contributed by atoms with van der Waals surface area (Å²) in [5.41, 5.74) is 3.41. The van der Waals surface area contributed by atoms with Gasteiger partial charge in [-0.25, -0.2) is 0 Å². The molecule has 33 heavy (non-hydrogen) atoms. The Morgan fingerprint density at radius 1 is 1.12 bits per heavy atom. The van der Waals surface area contributed by atoms with Crippen molar-refractivity contribution in [3.63, 3.8) is 0 Å². The second kappa shape index (κ2) is 9.82. The Hall–Kier alpha value is -3.73. The van der Waals surface area contributed by atoms with Crippen molar-refractivity contribution in [1.82, 2.24) is 35.0 Å². The van der Waals surface area contributed by atoms with Gasteiger partial charge in [-0.2, -0.15) is 4.68 Å². The lowest BCUT2D eigenvalue weighted by Gasteiger charge is -2.12. The van der Waals surface area contributed by atoms with Crippen molar-refractivity contribution in [3.8, 4) is 22.8 Å². The molecule has 4 aromatic rings. The van der Waals surface area contributed by atoms with Crippen LogP contribution in [0.15, 0.2) is 47.6 Å². The zero-order chi connectivity index (χ0) is 23.4. The highest BCUT2D eigenvalue weighted by atomic mass is 32.2. The van der Waals surface area contributed by atoms with Gasteiger partial charge in [0.2, 0.25) is 5.91 Å². The monoisotopic (exact) mass is 464 g/mol. The van der Waals surface area contributed by atoms with E-state index in [1.54, 1.807) is 36.9 Å². The third kappa shape index (κ3) is 4.72. The maximum atomic E-state index is 12.7. The zero-order valence-electron chi connectivity index (χ0n) is 18.8. The van der Waals surface area contributed by atoms with E-state index in [1.165, 1.54) is 11.8 Å². The Morgan fingerprint density at radius 3 is 2.64 bits per heavy atom. The fourth-order valence-electron chi connectivity index (χ4n) is 3.42. The van der Waals surface area contributed by atoms with Gasteiger partial charge in [0.25, 0.3) is 0 Å². The van der Waals surface area contributed by atoms with E-state index in [4.69, 9.17) is 4.74 Å². The zero-order valence-corrected chi connectivity index (χ0v) is 19.6. The van der Waals surface area contributed by atoms with E-state index < -0.39 is 0 Å². The second-order valence-electron chi connectivity index (χ2n) is 7.23. The van der Waals surface area contributed by atoms with Gasteiger partial charge in [-0.3, -0.25) is 4.79 Å². The van der Waals surface area contributed by atoms with Crippen molar-refractivity contribution in [2.24, 2.45) is 0 Å². The number of rotatable bonds is 8. The first-order valence-corrected chi connectivity index (χ1v) is 11.4. The Bertz CT molecular complexity index is 1280. The van der Waals surface area contributed by atoms with Crippen molar-refractivity contribution in [2.45, 2.75) is 32.5 Å². The maximum Gasteiger partial charge on any atom is 0.234 e. The van der Waals surface area contributed by atoms with Crippen LogP contribution >= 0.6 is 11.8 Å². The second-order valence-corrected chi connectivity index (χ2v) is 8.17. The number of carbonyl (C=O) groups is 1. The molecule has 0 saturated heterocycles. The predicted molar refractivity (Wildman–Crippen MR) is 126 cm³/mol. The van der Waals surface area contributed by atoms with Crippen LogP contribution in [0, 0.1) is 13.8 Å². The summed E-state index contributed by atoms with van der Waals surface area (Å²) in [5.74, 6) is 2.04. The normalized spacial score (nSPS) is 10.9. The molecule has 0 spiro atoms. The van der Waals surface area contributed by atoms with Gasteiger partial charge in [0.05, 0.1) is 12.9 Å². The maximum absolute atomic E-state index is 12.7. The summed E-state index contributed by atoms with van der Waals surface area (Å²) in [6.07, 6.45) is 0. The number of thioether (sulfide) groups is 1. The van der Waals surface area contributed by atoms with Crippen molar-refractivity contribution in [1.29, 1.82) is 0 Å². The van der Waals surface area contributed by atoms with E-state index in [0.717, 1.165) is 17.0 Å². The van der Waals surface area contributed by atoms with Gasteiger partial charge in [0.1, 0.15) is 11.4 Å². The topological polar surface area (TPSA) is 113 Å². The number of amides is 1. The summed E-state index contributed by atoms with van der Waals surface area (Å²) in [6, 6.07) is 13.4. The Kier molecular flexibility index (Phi) is 6.68. The summed E-state index contributed by atoms with van der Waals surface area (Å²) in [4.78, 5) is 12.7. The molecule has 0 aliphatic rings. The van der Waals surface area contributed by atoms with Crippen LogP contribution in [0.2, 0.25) is 0 Å². The van der Waals surface area contributed by atoms with E-state index in [0.29, 0.717) is 34.6 Å². The van der Waals surface area contributed by atoms with Crippen LogP contribution in [0.1, 0.15) is 18.3 Å². The number of nitrogens with one attached hydrogen (secondary N) is 1. The first-order chi connectivity index (χ1) is 16.0. The number of hydrogen-bond donors (Lipinski definition) is 1. The quantitative estimate of drug-likeness (QED) is 0.395. The molecule has 170 valence electrons. The van der Waals surface area contributed by atoms with Gasteiger partial charge in [-0.05, 0) is 55.0 Å². The molecule has 2 aromatic carbocycles. The Labute approximate surface area is 195 Å². The average Bonchev–Trinajstić information content (AvgIpc) is 3.43. The van der Waals surface area contributed by atoms with Crippen LogP contribution in [0.25, 0.3) is 17.1 Å². The molecule has 0 radical (unpaired) electrons. The Balaban J connectivity index is 1.48. The summed E-state index contributed by atoms with van der Waals surface area (Å²) in [6.45, 7) is 6.57. The Morgan fingerprint density at radius 2 is 1.94 bits per heavy atom. The molecule has 0 aliphatic carbocycles. The molecular weight excluding hydrogens is 440 g/mol. The molecule has 11 heteroatoms. The van der Waals surface area contributed by atoms with Gasteiger partial charge >= 0.3 is 0 Å². The number of tetrazole rings is 1. The summed E-state index contributed by atoms with van der Waals surface area (Å²) < 4.78 is 8.99. The van der Waals surface area contributed by atoms with Crippen LogP contribution in [-0.4, -0.2) is 53.7 Å². The lowest BCUT2D eigenvalue weighted by atomic mass is 10.1. The molecule has 10 nitrogen and oxygen atoms in total. The van der Waals surface area contributed by atoms with Crippen LogP contribution in [0.3, 0.4) is 0 Å². The smallest absolute Gasteiger partial charge is 0.234 e. The summed E-state index contributed by atoms with van der Waals surface area (Å²) >= 11 is 1.35. The lowest BCUT2D eigenvalue weighted by Crippen LogP contribution is -2.15. The van der Waals surface area contributed by atoms with Crippen molar-refractivity contribution >= 4 is 23.4 Å². The van der Waals surface area contributed by atoms with E-state index in [9.17, 15) is 4.79 Å². The van der Waals surface area contributed by atoms with E-state index in [-0.39, 0.29) is 11.7 Å². The highest BCUT2D eigenvalue weighted by molar-refractivity contribution is 7.99. The van der Waals surface area contributed by atoms with Crippen molar-refractivity contribution in [3.05, 3.63) is 53.9 Å². The highest BCUT2D eigenvalue weighted by Crippen LogP contribution is 2.28. The van der Waals surface area contributed by atoms with Gasteiger partial charge < -0.3 is 14.6 Å². The minimum Gasteiger partial charge on any atom is -0.494 e. The molecule has 0 fully saturated rings. The van der Waals surface area contributed by atoms with E-state index in [1.807, 2.05) is 42.7 Å². The van der Waals surface area contributed by atoms with Crippen LogP contribution < -0.4 is 10.1 Å². The summed E-state index contributed by atoms with van der Waals surface area (Å²) in [7, 11) is 1.57. The van der Waals surface area contributed by atoms with Gasteiger partial charge in [0, 0.05) is 17.8 Å². The van der Waals surface area contributed by atoms with Gasteiger partial charge in [-0.1, -0.05) is 36.0 Å². The van der Waals surface area contributed by atoms with Crippen molar-refractivity contribution < 1.29 is 9.53 Å². The predicted octanol–water partition coefficient (Wildman–Crippen LogP) is 3.30. The molecule has 0 unspecified atom stereocenters. The number of anilines is 1. The lowest BCUT2D eigenvalue weighted by molar-refractivity contribution is -0.113. The number of aryl methyl sites for hydroxylation is 2. The average molecular weight is 465 g/mol. The van der Waals surface area contributed by atoms with Crippen LogP contribution in [-0.2, 0) is 11.3 Å². The minimum atomic E-state index is -0.160.